The van der Waals surface area contributed by atoms with Crippen LogP contribution in [-0.4, -0.2) is 82.3 Å². The van der Waals surface area contributed by atoms with E-state index in [4.69, 9.17) is 75.7 Å². The molecule has 0 aliphatic heterocycles. The van der Waals surface area contributed by atoms with E-state index in [9.17, 15) is 0 Å². The third-order valence-electron chi connectivity index (χ3n) is 9.57. The number of terminal acetylenes is 2. The summed E-state index contributed by atoms with van der Waals surface area (Å²) in [6.07, 6.45) is 14.9. The standard InChI is InChI=1S/C18H25N5O2Si.C15H17N5O2.C14H19N5O2.C5H10Si.Cs.FH/c1-11(2)15-13(25-14-10-21-18(20)23-16(14)19)9-12(17(22-15)24-3)7-8-26(4,5)6;1-5-9-6-10(12(8(2)3)19-14(9)21-4)22-11-7-18-15(17)20-13(11)16;1-7(2)11-9(5-8(3)13(18-11)20-4)21-10-6-17-14(16)19-12(10)15;1-5-6(2,3)4;;/h9-11H,1-6H3,(H4,19,20,21,23);1,6-8H,2-4H3,(H4,16,17,18,20);5-7H,1-4H3,(H4,15,16,17,19);1H,2-4H3;;1H/q;;;;+1;/p-1. The molecule has 6 heterocycles. The number of pyridine rings is 3. The van der Waals surface area contributed by atoms with Crippen molar-refractivity contribution < 1.29 is 102 Å². The Morgan fingerprint density at radius 3 is 1.08 bits per heavy atom. The Bertz CT molecular complexity index is 3100. The van der Waals surface area contributed by atoms with E-state index in [1.54, 1.807) is 20.3 Å². The number of anilines is 6. The molecular weight excluding hydrogens is 1140 g/mol. The van der Waals surface area contributed by atoms with Crippen LogP contribution in [0.5, 0.6) is 52.1 Å². The Hall–Kier alpha value is -6.61. The molecular formula is C52H71CsFN15O6Si2. The molecule has 0 saturated carbocycles. The van der Waals surface area contributed by atoms with E-state index >= 15 is 0 Å². The zero-order chi connectivity index (χ0) is 56.5. The first-order valence-corrected chi connectivity index (χ1v) is 30.4. The van der Waals surface area contributed by atoms with Crippen LogP contribution in [0.4, 0.5) is 35.3 Å². The molecule has 0 radical (unpaired) electrons. The number of nitrogens with zero attached hydrogens (tertiary/aromatic N) is 9. The van der Waals surface area contributed by atoms with Crippen molar-refractivity contribution in [1.82, 2.24) is 44.9 Å². The molecule has 0 saturated heterocycles. The van der Waals surface area contributed by atoms with Gasteiger partial charge >= 0.3 is 68.9 Å². The van der Waals surface area contributed by atoms with Gasteiger partial charge in [-0.3, -0.25) is 0 Å². The topological polar surface area (TPSA) is 328 Å². The van der Waals surface area contributed by atoms with Gasteiger partial charge in [0, 0.05) is 17.7 Å². The molecule has 6 aromatic heterocycles. The van der Waals surface area contributed by atoms with Crippen molar-refractivity contribution in [1.29, 1.82) is 0 Å². The van der Waals surface area contributed by atoms with Gasteiger partial charge in [0.05, 0.1) is 68.1 Å². The molecule has 0 amide bonds. The number of aromatic nitrogens is 9. The predicted octanol–water partition coefficient (Wildman–Crippen LogP) is 2.90. The molecule has 0 fully saturated rings. The van der Waals surface area contributed by atoms with Crippen LogP contribution in [0.3, 0.4) is 0 Å². The number of ether oxygens (including phenoxy) is 6. The van der Waals surface area contributed by atoms with Gasteiger partial charge in [0.25, 0.3) is 0 Å². The summed E-state index contributed by atoms with van der Waals surface area (Å²) in [4.78, 5) is 36.8. The number of hydrogen-bond acceptors (Lipinski definition) is 21. The third kappa shape index (κ3) is 21.4. The van der Waals surface area contributed by atoms with Crippen LogP contribution in [0, 0.1) is 42.7 Å². The summed E-state index contributed by atoms with van der Waals surface area (Å²) in [6, 6.07) is 5.36. The second-order valence-corrected chi connectivity index (χ2v) is 28.8. The minimum atomic E-state index is -1.56. The molecule has 6 rings (SSSR count). The summed E-state index contributed by atoms with van der Waals surface area (Å²) >= 11 is 0. The largest absolute Gasteiger partial charge is 1.00 e. The number of nitrogen functional groups attached to an aromatic ring is 6. The van der Waals surface area contributed by atoms with Gasteiger partial charge in [-0.2, -0.15) is 15.0 Å². The number of aryl methyl sites for hydroxylation is 1. The Morgan fingerprint density at radius 1 is 0.481 bits per heavy atom. The van der Waals surface area contributed by atoms with Crippen LogP contribution in [0.1, 0.15) is 93.1 Å². The second-order valence-electron chi connectivity index (χ2n) is 19.3. The quantitative estimate of drug-likeness (QED) is 0.0758. The molecule has 21 nitrogen and oxygen atoms in total. The summed E-state index contributed by atoms with van der Waals surface area (Å²) in [6.45, 7) is 26.9. The smallest absolute Gasteiger partial charge is 1.00 e. The molecule has 0 spiro atoms. The first kappa shape index (κ1) is 68.4. The molecule has 6 aromatic rings. The maximum absolute atomic E-state index is 5.95. The fraction of sp³-hybridized carbons (Fsp3) is 0.365. The van der Waals surface area contributed by atoms with E-state index in [-0.39, 0.29) is 132 Å². The Balaban J connectivity index is 0.000000543. The number of nitrogens with two attached hydrogens (primary N) is 6. The third-order valence-corrected chi connectivity index (χ3v) is 11.3. The van der Waals surface area contributed by atoms with Gasteiger partial charge in [0.2, 0.25) is 35.5 Å². The molecule has 25 heteroatoms. The van der Waals surface area contributed by atoms with Gasteiger partial charge in [-0.1, -0.05) is 92.7 Å². The van der Waals surface area contributed by atoms with Crippen LogP contribution in [0.2, 0.25) is 39.3 Å². The molecule has 406 valence electrons. The number of rotatable bonds is 12. The van der Waals surface area contributed by atoms with Crippen LogP contribution in [0.15, 0.2) is 36.8 Å². The molecule has 0 unspecified atom stereocenters. The van der Waals surface area contributed by atoms with E-state index in [1.807, 2.05) is 60.6 Å². The van der Waals surface area contributed by atoms with Gasteiger partial charge in [-0.25, -0.2) is 29.9 Å². The summed E-state index contributed by atoms with van der Waals surface area (Å²) in [5, 5.41) is 0. The van der Waals surface area contributed by atoms with E-state index < -0.39 is 16.1 Å². The van der Waals surface area contributed by atoms with Crippen molar-refractivity contribution >= 4 is 51.4 Å². The summed E-state index contributed by atoms with van der Waals surface area (Å²) in [7, 11) is 2.02. The molecule has 12 N–H and O–H groups in total. The van der Waals surface area contributed by atoms with Gasteiger partial charge in [0.1, 0.15) is 21.9 Å². The van der Waals surface area contributed by atoms with Gasteiger partial charge in [0.15, 0.2) is 46.2 Å². The van der Waals surface area contributed by atoms with Crippen LogP contribution < -0.4 is 136 Å². The maximum atomic E-state index is 5.95. The minimum absolute atomic E-state index is 0. The SMILES string of the molecule is C#C[Si](C)(C)C.C#Cc1cc(Oc2cnc(N)nc2N)c(C(C)C)nc1OC.COc1nc(C(C)C)c(Oc2cnc(N)nc2N)cc1C.COc1nc(C(C)C)c(Oc2cnc(N)nc2N)cc1C#C[Si](C)(C)C.[Cs+].[F-]. The number of halogens is 1. The normalized spacial score (nSPS) is 10.4. The van der Waals surface area contributed by atoms with Gasteiger partial charge in [-0.15, -0.1) is 23.9 Å². The van der Waals surface area contributed by atoms with E-state index in [0.29, 0.717) is 63.2 Å². The van der Waals surface area contributed by atoms with E-state index in [2.05, 4.69) is 107 Å². The monoisotopic (exact) mass is 1210 g/mol. The number of methoxy groups -OCH3 is 3. The van der Waals surface area contributed by atoms with E-state index in [0.717, 1.165) is 17.0 Å². The zero-order valence-corrected chi connectivity index (χ0v) is 55.4. The predicted molar refractivity (Wildman–Crippen MR) is 303 cm³/mol. The molecule has 0 aromatic carbocycles. The first-order chi connectivity index (χ1) is 35.0. The number of hydrogen-bond donors (Lipinski definition) is 6. The van der Waals surface area contributed by atoms with Crippen molar-refractivity contribution in [3.8, 4) is 87.9 Å². The summed E-state index contributed by atoms with van der Waals surface area (Å²) < 4.78 is 33.4. The molecule has 0 aliphatic carbocycles. The maximum Gasteiger partial charge on any atom is 1.00 e. The second kappa shape index (κ2) is 31.0. The van der Waals surface area contributed by atoms with Crippen molar-refractivity contribution in [3.05, 3.63) is 70.6 Å². The Morgan fingerprint density at radius 2 is 0.792 bits per heavy atom. The first-order valence-electron chi connectivity index (χ1n) is 23.4. The van der Waals surface area contributed by atoms with Crippen molar-refractivity contribution in [2.24, 2.45) is 0 Å². The van der Waals surface area contributed by atoms with Crippen molar-refractivity contribution in [2.75, 3.05) is 55.7 Å². The minimum Gasteiger partial charge on any atom is -1.00 e. The molecule has 0 aliphatic rings. The zero-order valence-electron chi connectivity index (χ0n) is 47.2. The molecule has 0 atom stereocenters. The van der Waals surface area contributed by atoms with Crippen molar-refractivity contribution in [2.45, 2.75) is 106 Å². The average molecular weight is 1210 g/mol. The van der Waals surface area contributed by atoms with Crippen molar-refractivity contribution in [3.63, 3.8) is 0 Å². The average Bonchev–Trinajstić information content (AvgIpc) is 3.33. The van der Waals surface area contributed by atoms with Gasteiger partial charge < -0.3 is 67.5 Å². The Kier molecular flexibility index (Phi) is 27.5. The fourth-order valence-electron chi connectivity index (χ4n) is 5.81. The molecule has 77 heavy (non-hydrogen) atoms. The van der Waals surface area contributed by atoms with Crippen LogP contribution >= 0.6 is 0 Å². The van der Waals surface area contributed by atoms with Crippen LogP contribution in [0.25, 0.3) is 0 Å². The van der Waals surface area contributed by atoms with E-state index in [1.165, 1.54) is 25.7 Å². The molecule has 0 bridgehead atoms. The fourth-order valence-corrected chi connectivity index (χ4v) is 6.32. The Labute approximate surface area is 512 Å². The summed E-state index contributed by atoms with van der Waals surface area (Å²) in [5.74, 6) is 10.8. The van der Waals surface area contributed by atoms with Gasteiger partial charge in [-0.05, 0) is 30.7 Å². The summed E-state index contributed by atoms with van der Waals surface area (Å²) in [5.41, 5.74) is 44.2. The van der Waals surface area contributed by atoms with Crippen LogP contribution in [-0.2, 0) is 0 Å².